The van der Waals surface area contributed by atoms with Crippen molar-refractivity contribution in [3.05, 3.63) is 0 Å². The van der Waals surface area contributed by atoms with Gasteiger partial charge in [-0.2, -0.15) is 0 Å². The fourth-order valence-corrected chi connectivity index (χ4v) is 3.32. The number of ether oxygens (including phenoxy) is 1. The molecule has 0 spiro atoms. The maximum atomic E-state index is 12.6. The standard InChI is InChI=1S/C20H40O3.H3N/c1-6-10-14-20(15-11-7-2,16-12-8-3)19(5,22)18(21)23-17-13-9-4;/h22H,6-17H2,1-5H3;1H3. The third-order valence-electron chi connectivity index (χ3n) is 5.19. The normalized spacial score (nSPS) is 13.9. The van der Waals surface area contributed by atoms with E-state index in [4.69, 9.17) is 4.74 Å². The molecule has 0 heterocycles. The van der Waals surface area contributed by atoms with Crippen molar-refractivity contribution in [1.29, 1.82) is 0 Å². The first kappa shape index (κ1) is 25.6. The largest absolute Gasteiger partial charge is 0.464 e. The minimum absolute atomic E-state index is 0. The van der Waals surface area contributed by atoms with Crippen LogP contribution in [0, 0.1) is 5.41 Å². The Kier molecular flexibility index (Phi) is 14.6. The van der Waals surface area contributed by atoms with Gasteiger partial charge in [-0.1, -0.05) is 72.6 Å². The Morgan fingerprint density at radius 2 is 1.21 bits per heavy atom. The quantitative estimate of drug-likeness (QED) is 0.308. The van der Waals surface area contributed by atoms with E-state index in [1.54, 1.807) is 6.92 Å². The molecule has 1 unspecified atom stereocenters. The highest BCUT2D eigenvalue weighted by Gasteiger charge is 2.51. The molecule has 0 aliphatic rings. The van der Waals surface area contributed by atoms with Crippen LogP contribution in [-0.4, -0.2) is 23.3 Å². The van der Waals surface area contributed by atoms with Crippen LogP contribution in [0.5, 0.6) is 0 Å². The van der Waals surface area contributed by atoms with Gasteiger partial charge in [0.25, 0.3) is 0 Å². The van der Waals surface area contributed by atoms with Gasteiger partial charge >= 0.3 is 5.97 Å². The minimum atomic E-state index is -1.39. The van der Waals surface area contributed by atoms with Crippen molar-refractivity contribution in [3.8, 4) is 0 Å². The number of carbonyl (C=O) groups excluding carboxylic acids is 1. The van der Waals surface area contributed by atoms with E-state index in [1.807, 2.05) is 0 Å². The molecule has 0 saturated heterocycles. The SMILES string of the molecule is CCCCOC(=O)C(C)(O)C(CCCC)(CCCC)CCCC.N. The number of hydrogen-bond donors (Lipinski definition) is 2. The zero-order valence-corrected chi connectivity index (χ0v) is 17.0. The second kappa shape index (κ2) is 13.7. The molecule has 0 aromatic heterocycles. The van der Waals surface area contributed by atoms with Crippen LogP contribution in [0.15, 0.2) is 0 Å². The molecule has 146 valence electrons. The van der Waals surface area contributed by atoms with Gasteiger partial charge in [0.05, 0.1) is 6.61 Å². The molecular formula is C20H43NO3. The Morgan fingerprint density at radius 3 is 1.54 bits per heavy atom. The Hall–Kier alpha value is -0.610. The highest BCUT2D eigenvalue weighted by molar-refractivity contribution is 5.80. The lowest BCUT2D eigenvalue weighted by Gasteiger charge is -2.44. The van der Waals surface area contributed by atoms with E-state index in [1.165, 1.54) is 0 Å². The molecule has 4 nitrogen and oxygen atoms in total. The van der Waals surface area contributed by atoms with Crippen molar-refractivity contribution in [3.63, 3.8) is 0 Å². The van der Waals surface area contributed by atoms with Gasteiger partial charge in [0, 0.05) is 5.41 Å². The summed E-state index contributed by atoms with van der Waals surface area (Å²) in [5.41, 5.74) is -1.74. The Labute approximate surface area is 150 Å². The van der Waals surface area contributed by atoms with Gasteiger partial charge in [-0.25, -0.2) is 4.79 Å². The molecule has 4 heteroatoms. The lowest BCUT2D eigenvalue weighted by atomic mass is 9.63. The fraction of sp³-hybridized carbons (Fsp3) is 0.950. The van der Waals surface area contributed by atoms with Crippen LogP contribution in [-0.2, 0) is 9.53 Å². The highest BCUT2D eigenvalue weighted by atomic mass is 16.5. The van der Waals surface area contributed by atoms with Gasteiger partial charge in [0.2, 0.25) is 0 Å². The Balaban J connectivity index is 0. The minimum Gasteiger partial charge on any atom is -0.464 e. The van der Waals surface area contributed by atoms with E-state index in [0.717, 1.165) is 70.6 Å². The van der Waals surface area contributed by atoms with E-state index in [0.29, 0.717) is 6.61 Å². The van der Waals surface area contributed by atoms with Crippen molar-refractivity contribution < 1.29 is 14.6 Å². The Morgan fingerprint density at radius 1 is 0.833 bits per heavy atom. The topological polar surface area (TPSA) is 81.5 Å². The number of carbonyl (C=O) groups is 1. The van der Waals surface area contributed by atoms with Crippen LogP contribution in [0.2, 0.25) is 0 Å². The first-order chi connectivity index (χ1) is 10.9. The fourth-order valence-electron chi connectivity index (χ4n) is 3.32. The lowest BCUT2D eigenvalue weighted by Crippen LogP contribution is -2.53. The number of hydrogen-bond acceptors (Lipinski definition) is 4. The predicted octanol–water partition coefficient (Wildman–Crippen LogP) is 5.80. The molecule has 1 atom stereocenters. The molecule has 0 fully saturated rings. The summed E-state index contributed by atoms with van der Waals surface area (Å²) in [4.78, 5) is 12.6. The van der Waals surface area contributed by atoms with Crippen LogP contribution in [0.1, 0.15) is 105 Å². The molecule has 0 saturated carbocycles. The van der Waals surface area contributed by atoms with Gasteiger partial charge in [0.15, 0.2) is 5.60 Å². The monoisotopic (exact) mass is 345 g/mol. The van der Waals surface area contributed by atoms with Crippen molar-refractivity contribution in [2.45, 2.75) is 111 Å². The molecule has 0 aliphatic heterocycles. The summed E-state index contributed by atoms with van der Waals surface area (Å²) < 4.78 is 5.40. The number of aliphatic hydroxyl groups is 1. The molecule has 0 aliphatic carbocycles. The summed E-state index contributed by atoms with van der Waals surface area (Å²) in [7, 11) is 0. The maximum Gasteiger partial charge on any atom is 0.338 e. The number of esters is 1. The van der Waals surface area contributed by atoms with Crippen molar-refractivity contribution in [1.82, 2.24) is 6.15 Å². The highest BCUT2D eigenvalue weighted by Crippen LogP contribution is 2.46. The van der Waals surface area contributed by atoms with E-state index < -0.39 is 11.6 Å². The van der Waals surface area contributed by atoms with Gasteiger partial charge in [-0.05, 0) is 32.6 Å². The third kappa shape index (κ3) is 7.52. The smallest absolute Gasteiger partial charge is 0.338 e. The van der Waals surface area contributed by atoms with Crippen LogP contribution in [0.25, 0.3) is 0 Å². The summed E-state index contributed by atoms with van der Waals surface area (Å²) in [6.45, 7) is 10.7. The summed E-state index contributed by atoms with van der Waals surface area (Å²) >= 11 is 0. The second-order valence-electron chi connectivity index (χ2n) is 7.15. The van der Waals surface area contributed by atoms with Crippen molar-refractivity contribution in [2.24, 2.45) is 5.41 Å². The predicted molar refractivity (Wildman–Crippen MR) is 103 cm³/mol. The molecule has 4 N–H and O–H groups in total. The first-order valence-electron chi connectivity index (χ1n) is 9.81. The molecule has 0 bridgehead atoms. The van der Waals surface area contributed by atoms with E-state index >= 15 is 0 Å². The second-order valence-corrected chi connectivity index (χ2v) is 7.15. The average molecular weight is 346 g/mol. The number of rotatable bonds is 14. The van der Waals surface area contributed by atoms with Gasteiger partial charge in [-0.3, -0.25) is 0 Å². The summed E-state index contributed by atoms with van der Waals surface area (Å²) in [5.74, 6) is -0.422. The van der Waals surface area contributed by atoms with E-state index in [9.17, 15) is 9.90 Å². The van der Waals surface area contributed by atoms with E-state index in [-0.39, 0.29) is 11.6 Å². The zero-order chi connectivity index (χ0) is 17.8. The summed E-state index contributed by atoms with van der Waals surface area (Å²) in [6.07, 6.45) is 10.9. The van der Waals surface area contributed by atoms with Crippen LogP contribution < -0.4 is 6.15 Å². The molecule has 0 rings (SSSR count). The van der Waals surface area contributed by atoms with Crippen LogP contribution in [0.3, 0.4) is 0 Å². The van der Waals surface area contributed by atoms with Crippen molar-refractivity contribution in [2.75, 3.05) is 6.61 Å². The molecule has 0 amide bonds. The zero-order valence-electron chi connectivity index (χ0n) is 17.0. The van der Waals surface area contributed by atoms with Gasteiger partial charge in [-0.15, -0.1) is 0 Å². The molecule has 0 aromatic rings. The van der Waals surface area contributed by atoms with Crippen LogP contribution in [0.4, 0.5) is 0 Å². The molecular weight excluding hydrogens is 302 g/mol. The molecule has 0 aromatic carbocycles. The van der Waals surface area contributed by atoms with Crippen molar-refractivity contribution >= 4 is 5.97 Å². The van der Waals surface area contributed by atoms with Gasteiger partial charge in [0.1, 0.15) is 0 Å². The lowest BCUT2D eigenvalue weighted by molar-refractivity contribution is -0.183. The molecule has 24 heavy (non-hydrogen) atoms. The van der Waals surface area contributed by atoms with Crippen LogP contribution >= 0.6 is 0 Å². The van der Waals surface area contributed by atoms with E-state index in [2.05, 4.69) is 27.7 Å². The number of unbranched alkanes of at least 4 members (excludes halogenated alkanes) is 4. The third-order valence-corrected chi connectivity index (χ3v) is 5.19. The Bertz CT molecular complexity index is 294. The average Bonchev–Trinajstić information content (AvgIpc) is 2.54. The molecule has 0 radical (unpaired) electrons. The van der Waals surface area contributed by atoms with Gasteiger partial charge < -0.3 is 16.0 Å². The summed E-state index contributed by atoms with van der Waals surface area (Å²) in [6, 6.07) is 0. The first-order valence-corrected chi connectivity index (χ1v) is 9.81. The maximum absolute atomic E-state index is 12.6. The summed E-state index contributed by atoms with van der Waals surface area (Å²) in [5, 5.41) is 11.2.